The number of oxime groups is 1. The van der Waals surface area contributed by atoms with Gasteiger partial charge in [0.25, 0.3) is 11.8 Å². The fourth-order valence-corrected chi connectivity index (χ4v) is 3.64. The fraction of sp³-hybridized carbons (Fsp3) is 0.333. The topological polar surface area (TPSA) is 257 Å². The number of thiazole rings is 1. The quantitative estimate of drug-likeness (QED) is 0.0792. The minimum atomic E-state index is -5.27. The third-order valence-corrected chi connectivity index (χ3v) is 5.02. The number of carboxylic acid groups (broad SMARTS) is 1. The maximum Gasteiger partial charge on any atom is 1.00 e. The van der Waals surface area contributed by atoms with Gasteiger partial charge in [-0.25, -0.2) is 27.3 Å². The summed E-state index contributed by atoms with van der Waals surface area (Å²) in [6, 6.07) is -3.18. The molecular weight excluding hydrogens is 498 g/mol. The molecule has 20 heteroatoms. The van der Waals surface area contributed by atoms with Gasteiger partial charge in [0.2, 0.25) is 6.61 Å². The van der Waals surface area contributed by atoms with Gasteiger partial charge in [-0.3, -0.25) is 9.59 Å². The van der Waals surface area contributed by atoms with Crippen LogP contribution >= 0.6 is 11.3 Å². The second-order valence-corrected chi connectivity index (χ2v) is 7.56. The number of primary amides is 1. The molecule has 1 aromatic heterocycles. The number of hydrogen-bond donors (Lipinski definition) is 4. The number of nitrogens with two attached hydrogens (primary N) is 2. The third-order valence-electron chi connectivity index (χ3n) is 3.42. The Morgan fingerprint density at radius 2 is 2.00 bits per heavy atom. The molecule has 0 saturated carbocycles. The van der Waals surface area contributed by atoms with E-state index in [0.29, 0.717) is 0 Å². The van der Waals surface area contributed by atoms with E-state index in [0.717, 1.165) is 11.3 Å². The summed E-state index contributed by atoms with van der Waals surface area (Å²) in [5, 5.41) is 15.3. The van der Waals surface area contributed by atoms with Crippen molar-refractivity contribution in [1.82, 2.24) is 14.6 Å². The molecule has 6 N–H and O–H groups in total. The van der Waals surface area contributed by atoms with Crippen molar-refractivity contribution < 1.29 is 106 Å². The van der Waals surface area contributed by atoms with Crippen molar-refractivity contribution in [2.75, 3.05) is 18.9 Å². The molecule has 2 atom stereocenters. The van der Waals surface area contributed by atoms with E-state index in [1.165, 1.54) is 5.38 Å². The third kappa shape index (κ3) is 7.81. The van der Waals surface area contributed by atoms with E-state index >= 15 is 0 Å². The van der Waals surface area contributed by atoms with Gasteiger partial charge in [-0.1, -0.05) is 5.16 Å². The van der Waals surface area contributed by atoms with Crippen LogP contribution in [0, 0.1) is 0 Å². The molecule has 0 bridgehead atoms. The molecule has 0 unspecified atom stereocenters. The van der Waals surface area contributed by atoms with Crippen LogP contribution in [0.3, 0.4) is 0 Å². The van der Waals surface area contributed by atoms with Crippen LogP contribution in [0.1, 0.15) is 5.69 Å². The molecule has 2 rings (SSSR count). The summed E-state index contributed by atoms with van der Waals surface area (Å²) in [5.41, 5.74) is 9.53. The number of rotatable bonds is 9. The van der Waals surface area contributed by atoms with Gasteiger partial charge in [0.05, 0.1) is 0 Å². The molecular formula is C12H13N6Na2O10S2+. The summed E-state index contributed by atoms with van der Waals surface area (Å²) in [7, 11) is -5.27. The molecule has 0 aliphatic carbocycles. The van der Waals surface area contributed by atoms with Crippen LogP contribution in [0.4, 0.5) is 9.93 Å². The van der Waals surface area contributed by atoms with Crippen LogP contribution in [0.15, 0.2) is 10.5 Å². The number of nitrogens with zero attached hydrogens (tertiary/aromatic N) is 3. The van der Waals surface area contributed by atoms with Gasteiger partial charge >= 0.3 is 71.2 Å². The zero-order valence-electron chi connectivity index (χ0n) is 16.6. The molecule has 0 aromatic carbocycles. The summed E-state index contributed by atoms with van der Waals surface area (Å²) < 4.78 is 37.9. The molecule has 16 nitrogen and oxygen atoms in total. The molecule has 1 aromatic rings. The fourth-order valence-electron chi connectivity index (χ4n) is 2.25. The SMILES string of the molecule is NC(=O)OC[C@@H]1[C@H](NC(=O)/C(=N\OCC(=O)O)c2csc(N)n2)C(=O)N1S(=O)(=O)[O-].[Na+].[Na+]. The first-order chi connectivity index (χ1) is 13.9. The molecule has 1 fully saturated rings. The number of carbonyl (C=O) groups is 4. The van der Waals surface area contributed by atoms with Crippen molar-refractivity contribution in [2.24, 2.45) is 10.9 Å². The Labute approximate surface area is 228 Å². The molecule has 3 amide bonds. The normalized spacial score (nSPS) is 17.8. The molecule has 1 saturated heterocycles. The van der Waals surface area contributed by atoms with E-state index in [4.69, 9.17) is 16.6 Å². The zero-order chi connectivity index (χ0) is 22.6. The maximum atomic E-state index is 12.5. The minimum Gasteiger partial charge on any atom is -0.731 e. The number of nitrogen functional groups attached to an aromatic ring is 1. The first-order valence-corrected chi connectivity index (χ1v) is 9.81. The van der Waals surface area contributed by atoms with Crippen LogP contribution in [-0.4, -0.2) is 82.3 Å². The molecule has 1 aliphatic heterocycles. The van der Waals surface area contributed by atoms with E-state index in [1.807, 2.05) is 0 Å². The molecule has 2 heterocycles. The first-order valence-electron chi connectivity index (χ1n) is 7.57. The average molecular weight is 511 g/mol. The van der Waals surface area contributed by atoms with Crippen molar-refractivity contribution >= 4 is 56.4 Å². The molecule has 164 valence electrons. The number of hydrogen-bond acceptors (Lipinski definition) is 13. The van der Waals surface area contributed by atoms with Gasteiger partial charge in [0.15, 0.2) is 21.1 Å². The monoisotopic (exact) mass is 511 g/mol. The molecule has 32 heavy (non-hydrogen) atoms. The van der Waals surface area contributed by atoms with Gasteiger partial charge in [-0.15, -0.1) is 11.3 Å². The number of β-lactam (4-membered cyclic amide) rings is 1. The Morgan fingerprint density at radius 3 is 2.47 bits per heavy atom. The van der Waals surface area contributed by atoms with Crippen molar-refractivity contribution in [3.8, 4) is 0 Å². The summed E-state index contributed by atoms with van der Waals surface area (Å²) in [6.07, 6.45) is -1.31. The number of amides is 3. The summed E-state index contributed by atoms with van der Waals surface area (Å²) in [4.78, 5) is 54.2. The van der Waals surface area contributed by atoms with Gasteiger partial charge < -0.3 is 36.0 Å². The average Bonchev–Trinajstić information content (AvgIpc) is 3.04. The summed E-state index contributed by atoms with van der Waals surface area (Å²) in [5.74, 6) is -3.85. The second kappa shape index (κ2) is 12.7. The van der Waals surface area contributed by atoms with Crippen molar-refractivity contribution in [3.05, 3.63) is 11.1 Å². The standard InChI is InChI=1S/C12H14N6O10S2.2Na/c13-11-15-4(3-29-11)7(17-28-2-6(19)20)9(21)16-8-5(1-27-12(14)23)18(10(8)22)30(24,25)26;;/h3,5,8H,1-2H2,(H2,13,15)(H2,14,23)(H,16,21)(H,19,20)(H,24,25,26);;/q;2*+1/p-1/b17-7-;;/t5-,8+;;/m1../s1. The number of carboxylic acids is 1. The zero-order valence-corrected chi connectivity index (χ0v) is 22.2. The largest absolute Gasteiger partial charge is 1.00 e. The molecule has 1 aliphatic rings. The first kappa shape index (κ1) is 30.5. The van der Waals surface area contributed by atoms with E-state index < -0.39 is 65.2 Å². The number of anilines is 1. The number of ether oxygens (including phenoxy) is 1. The Hall–Kier alpha value is -1.51. The van der Waals surface area contributed by atoms with Crippen LogP contribution in [-0.2, 0) is 34.3 Å². The summed E-state index contributed by atoms with van der Waals surface area (Å²) in [6.45, 7) is -1.71. The Morgan fingerprint density at radius 1 is 1.38 bits per heavy atom. The van der Waals surface area contributed by atoms with E-state index in [2.05, 4.69) is 25.0 Å². The number of nitrogens with one attached hydrogen (secondary N) is 1. The van der Waals surface area contributed by atoms with Crippen molar-refractivity contribution in [1.29, 1.82) is 0 Å². The molecule has 0 spiro atoms. The second-order valence-electron chi connectivity index (χ2n) is 5.42. The van der Waals surface area contributed by atoms with Crippen molar-refractivity contribution in [2.45, 2.75) is 12.1 Å². The minimum absolute atomic E-state index is 0. The Kier molecular flexibility index (Phi) is 12.1. The van der Waals surface area contributed by atoms with Gasteiger partial charge in [0.1, 0.15) is 24.4 Å². The van der Waals surface area contributed by atoms with Crippen LogP contribution < -0.4 is 75.9 Å². The van der Waals surface area contributed by atoms with E-state index in [9.17, 15) is 32.1 Å². The number of carbonyl (C=O) groups excluding carboxylic acids is 3. The van der Waals surface area contributed by atoms with Gasteiger partial charge in [0, 0.05) is 5.38 Å². The van der Waals surface area contributed by atoms with Crippen LogP contribution in [0.2, 0.25) is 0 Å². The Balaban J connectivity index is 0.00000480. The predicted molar refractivity (Wildman–Crippen MR) is 94.4 cm³/mol. The van der Waals surface area contributed by atoms with Crippen LogP contribution in [0.25, 0.3) is 0 Å². The van der Waals surface area contributed by atoms with Crippen LogP contribution in [0.5, 0.6) is 0 Å². The smallest absolute Gasteiger partial charge is 0.731 e. The number of aromatic nitrogens is 1. The summed E-state index contributed by atoms with van der Waals surface area (Å²) >= 11 is 0.911. The maximum absolute atomic E-state index is 12.5. The Bertz CT molecular complexity index is 1020. The molecule has 0 radical (unpaired) electrons. The van der Waals surface area contributed by atoms with Gasteiger partial charge in [-0.05, 0) is 0 Å². The number of aliphatic carboxylic acids is 1. The van der Waals surface area contributed by atoms with Crippen molar-refractivity contribution in [3.63, 3.8) is 0 Å². The van der Waals surface area contributed by atoms with Gasteiger partial charge in [-0.2, -0.15) is 0 Å². The predicted octanol–water partition coefficient (Wildman–Crippen LogP) is -9.21. The van der Waals surface area contributed by atoms with E-state index in [1.54, 1.807) is 0 Å². The van der Waals surface area contributed by atoms with E-state index in [-0.39, 0.29) is 74.2 Å².